The van der Waals surface area contributed by atoms with Gasteiger partial charge < -0.3 is 20.1 Å². The first-order valence-electron chi connectivity index (χ1n) is 7.48. The standard InChI is InChI=1S/C16H24N2O3/c1-4-18-15(19)9-7-12(17)16(18)11-6-8-13(21-5-2)14(10-11)20-3/h6,8,10,12,16H,4-5,7,9,17H2,1-3H3. The second kappa shape index (κ2) is 6.80. The van der Waals surface area contributed by atoms with Gasteiger partial charge in [0.25, 0.3) is 0 Å². The molecule has 2 N–H and O–H groups in total. The van der Waals surface area contributed by atoms with Crippen LogP contribution in [0.15, 0.2) is 18.2 Å². The van der Waals surface area contributed by atoms with Gasteiger partial charge in [0.2, 0.25) is 5.91 Å². The first kappa shape index (κ1) is 15.6. The van der Waals surface area contributed by atoms with Crippen molar-refractivity contribution in [3.63, 3.8) is 0 Å². The van der Waals surface area contributed by atoms with Gasteiger partial charge >= 0.3 is 0 Å². The van der Waals surface area contributed by atoms with Crippen molar-refractivity contribution in [2.45, 2.75) is 38.8 Å². The summed E-state index contributed by atoms with van der Waals surface area (Å²) in [6.07, 6.45) is 1.25. The van der Waals surface area contributed by atoms with E-state index in [1.54, 1.807) is 7.11 Å². The number of nitrogens with zero attached hydrogens (tertiary/aromatic N) is 1. The molecule has 2 unspecified atom stereocenters. The average molecular weight is 292 g/mol. The summed E-state index contributed by atoms with van der Waals surface area (Å²) in [5.41, 5.74) is 7.26. The van der Waals surface area contributed by atoms with Gasteiger partial charge in [-0.1, -0.05) is 6.07 Å². The number of methoxy groups -OCH3 is 1. The highest BCUT2D eigenvalue weighted by Gasteiger charge is 2.34. The number of benzene rings is 1. The van der Waals surface area contributed by atoms with Crippen molar-refractivity contribution >= 4 is 5.91 Å². The lowest BCUT2D eigenvalue weighted by molar-refractivity contribution is -0.137. The topological polar surface area (TPSA) is 64.8 Å². The number of rotatable bonds is 5. The Kier molecular flexibility index (Phi) is 5.07. The molecule has 0 aromatic heterocycles. The molecule has 0 aliphatic carbocycles. The van der Waals surface area contributed by atoms with Crippen molar-refractivity contribution in [2.75, 3.05) is 20.3 Å². The van der Waals surface area contributed by atoms with Gasteiger partial charge in [0, 0.05) is 19.0 Å². The zero-order valence-corrected chi connectivity index (χ0v) is 13.0. The van der Waals surface area contributed by atoms with Crippen LogP contribution in [0.25, 0.3) is 0 Å². The number of likely N-dealkylation sites (N-methyl/N-ethyl adjacent to an activating group) is 1. The molecular formula is C16H24N2O3. The van der Waals surface area contributed by atoms with Gasteiger partial charge in [-0.05, 0) is 38.0 Å². The van der Waals surface area contributed by atoms with E-state index in [4.69, 9.17) is 15.2 Å². The Hall–Kier alpha value is -1.75. The highest BCUT2D eigenvalue weighted by Crippen LogP contribution is 2.36. The van der Waals surface area contributed by atoms with Crippen LogP contribution in [0.5, 0.6) is 11.5 Å². The van der Waals surface area contributed by atoms with E-state index in [2.05, 4.69) is 0 Å². The summed E-state index contributed by atoms with van der Waals surface area (Å²) in [4.78, 5) is 13.9. The van der Waals surface area contributed by atoms with Crippen LogP contribution in [0.4, 0.5) is 0 Å². The van der Waals surface area contributed by atoms with Crippen molar-refractivity contribution in [2.24, 2.45) is 5.73 Å². The molecule has 0 spiro atoms. The molecule has 21 heavy (non-hydrogen) atoms. The van der Waals surface area contributed by atoms with Crippen LogP contribution < -0.4 is 15.2 Å². The molecule has 1 aromatic rings. The van der Waals surface area contributed by atoms with Crippen LogP contribution in [0.2, 0.25) is 0 Å². The Balaban J connectivity index is 2.36. The van der Waals surface area contributed by atoms with E-state index >= 15 is 0 Å². The lowest BCUT2D eigenvalue weighted by atomic mass is 9.90. The number of likely N-dealkylation sites (tertiary alicyclic amines) is 1. The monoisotopic (exact) mass is 292 g/mol. The van der Waals surface area contributed by atoms with E-state index < -0.39 is 0 Å². The van der Waals surface area contributed by atoms with Crippen LogP contribution in [0.3, 0.4) is 0 Å². The molecular weight excluding hydrogens is 268 g/mol. The summed E-state index contributed by atoms with van der Waals surface area (Å²) < 4.78 is 10.9. The SMILES string of the molecule is CCOc1ccc(C2C(N)CCC(=O)N2CC)cc1OC. The fourth-order valence-corrected chi connectivity index (χ4v) is 2.92. The minimum Gasteiger partial charge on any atom is -0.493 e. The van der Waals surface area contributed by atoms with E-state index in [1.165, 1.54) is 0 Å². The number of amides is 1. The number of hydrogen-bond donors (Lipinski definition) is 1. The van der Waals surface area contributed by atoms with E-state index in [9.17, 15) is 4.79 Å². The molecule has 1 aromatic carbocycles. The van der Waals surface area contributed by atoms with Gasteiger partial charge in [0.15, 0.2) is 11.5 Å². The van der Waals surface area contributed by atoms with Crippen LogP contribution >= 0.6 is 0 Å². The zero-order chi connectivity index (χ0) is 15.4. The molecule has 1 heterocycles. The third kappa shape index (κ3) is 3.13. The Morgan fingerprint density at radius 1 is 1.33 bits per heavy atom. The van der Waals surface area contributed by atoms with Crippen molar-refractivity contribution in [1.29, 1.82) is 0 Å². The van der Waals surface area contributed by atoms with Gasteiger partial charge in [-0.25, -0.2) is 0 Å². The molecule has 1 aliphatic heterocycles. The predicted molar refractivity (Wildman–Crippen MR) is 81.5 cm³/mol. The Bertz CT molecular complexity index is 504. The number of nitrogens with two attached hydrogens (primary N) is 1. The lowest BCUT2D eigenvalue weighted by Crippen LogP contribution is -2.48. The van der Waals surface area contributed by atoms with Crippen molar-refractivity contribution in [3.05, 3.63) is 23.8 Å². The fraction of sp³-hybridized carbons (Fsp3) is 0.562. The molecule has 1 aliphatic rings. The third-order valence-corrected chi connectivity index (χ3v) is 3.92. The number of carbonyl (C=O) groups is 1. The predicted octanol–water partition coefficient (Wildman–Crippen LogP) is 2.10. The van der Waals surface area contributed by atoms with Gasteiger partial charge in [0.1, 0.15) is 0 Å². The quantitative estimate of drug-likeness (QED) is 0.902. The number of ether oxygens (including phenoxy) is 2. The maximum absolute atomic E-state index is 12.1. The maximum atomic E-state index is 12.1. The summed E-state index contributed by atoms with van der Waals surface area (Å²) in [6, 6.07) is 5.64. The number of piperidine rings is 1. The van der Waals surface area contributed by atoms with E-state index in [0.717, 1.165) is 12.0 Å². The molecule has 0 radical (unpaired) electrons. The van der Waals surface area contributed by atoms with Crippen molar-refractivity contribution in [1.82, 2.24) is 4.90 Å². The Morgan fingerprint density at radius 2 is 2.10 bits per heavy atom. The van der Waals surface area contributed by atoms with Gasteiger partial charge in [-0.15, -0.1) is 0 Å². The molecule has 2 atom stereocenters. The molecule has 1 fully saturated rings. The minimum atomic E-state index is -0.0965. The van der Waals surface area contributed by atoms with E-state index in [0.29, 0.717) is 31.1 Å². The van der Waals surface area contributed by atoms with E-state index in [1.807, 2.05) is 36.9 Å². The van der Waals surface area contributed by atoms with Crippen LogP contribution in [-0.2, 0) is 4.79 Å². The smallest absolute Gasteiger partial charge is 0.223 e. The lowest BCUT2D eigenvalue weighted by Gasteiger charge is -2.39. The highest BCUT2D eigenvalue weighted by molar-refractivity contribution is 5.78. The molecule has 1 saturated heterocycles. The minimum absolute atomic E-state index is 0.0506. The second-order valence-electron chi connectivity index (χ2n) is 5.17. The maximum Gasteiger partial charge on any atom is 0.223 e. The van der Waals surface area contributed by atoms with E-state index in [-0.39, 0.29) is 18.0 Å². The molecule has 2 rings (SSSR count). The number of hydrogen-bond acceptors (Lipinski definition) is 4. The second-order valence-corrected chi connectivity index (χ2v) is 5.17. The molecule has 1 amide bonds. The first-order valence-corrected chi connectivity index (χ1v) is 7.48. The molecule has 0 bridgehead atoms. The Morgan fingerprint density at radius 3 is 2.71 bits per heavy atom. The van der Waals surface area contributed by atoms with Gasteiger partial charge in [-0.3, -0.25) is 4.79 Å². The summed E-state index contributed by atoms with van der Waals surface area (Å²) in [7, 11) is 1.62. The summed E-state index contributed by atoms with van der Waals surface area (Å²) >= 11 is 0. The Labute approximate surface area is 126 Å². The fourth-order valence-electron chi connectivity index (χ4n) is 2.92. The summed E-state index contributed by atoms with van der Waals surface area (Å²) in [5.74, 6) is 1.55. The molecule has 0 saturated carbocycles. The number of carbonyl (C=O) groups excluding carboxylic acids is 1. The first-order chi connectivity index (χ1) is 10.1. The third-order valence-electron chi connectivity index (χ3n) is 3.92. The summed E-state index contributed by atoms with van der Waals surface area (Å²) in [6.45, 7) is 5.15. The average Bonchev–Trinajstić information content (AvgIpc) is 2.50. The highest BCUT2D eigenvalue weighted by atomic mass is 16.5. The van der Waals surface area contributed by atoms with Gasteiger partial charge in [-0.2, -0.15) is 0 Å². The van der Waals surface area contributed by atoms with Crippen molar-refractivity contribution in [3.8, 4) is 11.5 Å². The normalized spacial score (nSPS) is 22.3. The molecule has 5 heteroatoms. The van der Waals surface area contributed by atoms with Crippen LogP contribution in [0, 0.1) is 0 Å². The van der Waals surface area contributed by atoms with Gasteiger partial charge in [0.05, 0.1) is 19.8 Å². The largest absolute Gasteiger partial charge is 0.493 e. The molecule has 116 valence electrons. The van der Waals surface area contributed by atoms with Crippen LogP contribution in [-0.4, -0.2) is 37.1 Å². The summed E-state index contributed by atoms with van der Waals surface area (Å²) in [5, 5.41) is 0. The molecule has 5 nitrogen and oxygen atoms in total. The zero-order valence-electron chi connectivity index (χ0n) is 13.0. The van der Waals surface area contributed by atoms with Crippen molar-refractivity contribution < 1.29 is 14.3 Å². The van der Waals surface area contributed by atoms with Crippen LogP contribution in [0.1, 0.15) is 38.3 Å².